The third-order valence-corrected chi connectivity index (χ3v) is 1.87. The van der Waals surface area contributed by atoms with Crippen LogP contribution < -0.4 is 0 Å². The molecule has 0 amide bonds. The van der Waals surface area contributed by atoms with Gasteiger partial charge in [-0.15, -0.1) is 0 Å². The van der Waals surface area contributed by atoms with Crippen LogP contribution in [0.15, 0.2) is 24.3 Å². The first-order chi connectivity index (χ1) is 6.87. The molecule has 0 aliphatic carbocycles. The maximum atomic E-state index is 11.9. The number of phenolic OH excluding ortho intramolecular Hbond substituents is 1. The van der Waals surface area contributed by atoms with Gasteiger partial charge >= 0.3 is 6.18 Å². The third kappa shape index (κ3) is 4.69. The zero-order valence-electron chi connectivity index (χ0n) is 7.83. The molecule has 0 aliphatic rings. The van der Waals surface area contributed by atoms with Gasteiger partial charge < -0.3 is 10.2 Å². The predicted octanol–water partition coefficient (Wildman–Crippen LogP) is 2.25. The summed E-state index contributed by atoms with van der Waals surface area (Å²) in [4.78, 5) is 0. The van der Waals surface area contributed by atoms with Crippen molar-refractivity contribution in [1.82, 2.24) is 0 Å². The van der Waals surface area contributed by atoms with Crippen LogP contribution in [0.2, 0.25) is 0 Å². The van der Waals surface area contributed by atoms with Crippen molar-refractivity contribution >= 4 is 0 Å². The lowest BCUT2D eigenvalue weighted by atomic mass is 10.1. The van der Waals surface area contributed by atoms with E-state index in [0.29, 0.717) is 5.56 Å². The van der Waals surface area contributed by atoms with Gasteiger partial charge in [0.1, 0.15) is 5.75 Å². The van der Waals surface area contributed by atoms with Crippen LogP contribution in [0.4, 0.5) is 13.2 Å². The summed E-state index contributed by atoms with van der Waals surface area (Å²) in [5.74, 6) is 0.0454. The fourth-order valence-corrected chi connectivity index (χ4v) is 1.24. The molecule has 5 heteroatoms. The molecule has 1 aromatic rings. The quantitative estimate of drug-likeness (QED) is 0.820. The minimum Gasteiger partial charge on any atom is -0.508 e. The molecule has 0 aromatic heterocycles. The first-order valence-electron chi connectivity index (χ1n) is 4.39. The topological polar surface area (TPSA) is 40.5 Å². The fraction of sp³-hybridized carbons (Fsp3) is 0.400. The van der Waals surface area contributed by atoms with Gasteiger partial charge in [0, 0.05) is 0 Å². The van der Waals surface area contributed by atoms with Gasteiger partial charge in [0.25, 0.3) is 0 Å². The van der Waals surface area contributed by atoms with Gasteiger partial charge in [0.15, 0.2) is 0 Å². The molecule has 84 valence electrons. The first kappa shape index (κ1) is 11.8. The molecule has 1 unspecified atom stereocenters. The summed E-state index contributed by atoms with van der Waals surface area (Å²) in [5.41, 5.74) is 0.560. The highest BCUT2D eigenvalue weighted by molar-refractivity contribution is 5.26. The van der Waals surface area contributed by atoms with Crippen LogP contribution in [0.5, 0.6) is 5.75 Å². The lowest BCUT2D eigenvalue weighted by Crippen LogP contribution is -2.21. The summed E-state index contributed by atoms with van der Waals surface area (Å²) in [5, 5.41) is 18.1. The molecule has 1 atom stereocenters. The number of aliphatic hydroxyl groups excluding tert-OH is 1. The molecule has 0 heterocycles. The maximum absolute atomic E-state index is 11.9. The average molecular weight is 220 g/mol. The highest BCUT2D eigenvalue weighted by Crippen LogP contribution is 2.23. The van der Waals surface area contributed by atoms with E-state index >= 15 is 0 Å². The van der Waals surface area contributed by atoms with E-state index in [1.165, 1.54) is 24.3 Å². The van der Waals surface area contributed by atoms with Gasteiger partial charge in [-0.3, -0.25) is 0 Å². The van der Waals surface area contributed by atoms with Gasteiger partial charge in [0.2, 0.25) is 0 Å². The van der Waals surface area contributed by atoms with E-state index < -0.39 is 18.7 Å². The van der Waals surface area contributed by atoms with Gasteiger partial charge in [-0.25, -0.2) is 0 Å². The van der Waals surface area contributed by atoms with Crippen molar-refractivity contribution in [2.24, 2.45) is 0 Å². The molecule has 0 saturated carbocycles. The van der Waals surface area contributed by atoms with Crippen LogP contribution in [-0.2, 0) is 6.42 Å². The number of rotatable bonds is 3. The van der Waals surface area contributed by atoms with Gasteiger partial charge in [0.05, 0.1) is 12.5 Å². The van der Waals surface area contributed by atoms with Crippen molar-refractivity contribution in [1.29, 1.82) is 0 Å². The Morgan fingerprint density at radius 3 is 2.13 bits per heavy atom. The Hall–Kier alpha value is -1.23. The molecule has 0 radical (unpaired) electrons. The molecule has 0 fully saturated rings. The van der Waals surface area contributed by atoms with E-state index in [9.17, 15) is 13.2 Å². The summed E-state index contributed by atoms with van der Waals surface area (Å²) in [6, 6.07) is 5.70. The Balaban J connectivity index is 2.51. The highest BCUT2D eigenvalue weighted by Gasteiger charge is 2.30. The highest BCUT2D eigenvalue weighted by atomic mass is 19.4. The minimum absolute atomic E-state index is 0.0454. The van der Waals surface area contributed by atoms with Crippen molar-refractivity contribution < 1.29 is 23.4 Å². The van der Waals surface area contributed by atoms with Crippen LogP contribution in [0.1, 0.15) is 12.0 Å². The summed E-state index contributed by atoms with van der Waals surface area (Å²) in [6.45, 7) is 0. The van der Waals surface area contributed by atoms with Gasteiger partial charge in [-0.2, -0.15) is 13.2 Å². The normalized spacial score (nSPS) is 13.9. The number of aromatic hydroxyl groups is 1. The van der Waals surface area contributed by atoms with Crippen LogP contribution >= 0.6 is 0 Å². The lowest BCUT2D eigenvalue weighted by Gasteiger charge is -2.12. The number of phenols is 1. The largest absolute Gasteiger partial charge is 0.508 e. The summed E-state index contributed by atoms with van der Waals surface area (Å²) in [6.07, 6.45) is -7.07. The smallest absolute Gasteiger partial charge is 0.391 e. The molecule has 1 rings (SSSR count). The Labute approximate surface area is 85.0 Å². The van der Waals surface area contributed by atoms with E-state index in [0.717, 1.165) is 0 Å². The summed E-state index contributed by atoms with van der Waals surface area (Å²) < 4.78 is 35.6. The fourth-order valence-electron chi connectivity index (χ4n) is 1.24. The number of alkyl halides is 3. The Morgan fingerprint density at radius 1 is 1.13 bits per heavy atom. The number of halogens is 3. The van der Waals surface area contributed by atoms with E-state index in [1.54, 1.807) is 0 Å². The standard InChI is InChI=1S/C10H11F3O2/c11-10(12,13)6-9(15)5-7-1-3-8(14)4-2-7/h1-4,9,14-15H,5-6H2. The van der Waals surface area contributed by atoms with Crippen molar-refractivity contribution in [3.05, 3.63) is 29.8 Å². The number of aliphatic hydroxyl groups is 1. The molecule has 0 saturated heterocycles. The second kappa shape index (κ2) is 4.53. The van der Waals surface area contributed by atoms with E-state index in [-0.39, 0.29) is 12.2 Å². The summed E-state index contributed by atoms with van der Waals surface area (Å²) in [7, 11) is 0. The van der Waals surface area contributed by atoms with Crippen molar-refractivity contribution in [2.75, 3.05) is 0 Å². The number of hydrogen-bond donors (Lipinski definition) is 2. The predicted molar refractivity (Wildman–Crippen MR) is 48.5 cm³/mol. The molecular weight excluding hydrogens is 209 g/mol. The van der Waals surface area contributed by atoms with E-state index in [2.05, 4.69) is 0 Å². The Kier molecular flexibility index (Phi) is 3.57. The van der Waals surface area contributed by atoms with Crippen LogP contribution in [0.3, 0.4) is 0 Å². The molecule has 1 aromatic carbocycles. The molecular formula is C10H11F3O2. The van der Waals surface area contributed by atoms with Crippen LogP contribution in [-0.4, -0.2) is 22.5 Å². The Bertz CT molecular complexity index is 305. The van der Waals surface area contributed by atoms with Crippen molar-refractivity contribution in [3.63, 3.8) is 0 Å². The van der Waals surface area contributed by atoms with Crippen LogP contribution in [0, 0.1) is 0 Å². The number of benzene rings is 1. The summed E-state index contributed by atoms with van der Waals surface area (Å²) >= 11 is 0. The monoisotopic (exact) mass is 220 g/mol. The molecule has 0 spiro atoms. The lowest BCUT2D eigenvalue weighted by molar-refractivity contribution is -0.153. The van der Waals surface area contributed by atoms with Gasteiger partial charge in [-0.05, 0) is 24.1 Å². The Morgan fingerprint density at radius 2 is 1.67 bits per heavy atom. The van der Waals surface area contributed by atoms with Crippen LogP contribution in [0.25, 0.3) is 0 Å². The van der Waals surface area contributed by atoms with E-state index in [4.69, 9.17) is 10.2 Å². The molecule has 2 nitrogen and oxygen atoms in total. The molecule has 2 N–H and O–H groups in total. The minimum atomic E-state index is -4.35. The zero-order valence-corrected chi connectivity index (χ0v) is 7.83. The van der Waals surface area contributed by atoms with Gasteiger partial charge in [-0.1, -0.05) is 12.1 Å². The average Bonchev–Trinajstić information content (AvgIpc) is 2.05. The van der Waals surface area contributed by atoms with Crippen molar-refractivity contribution in [3.8, 4) is 5.75 Å². The second-order valence-corrected chi connectivity index (χ2v) is 3.34. The molecule has 0 aliphatic heterocycles. The maximum Gasteiger partial charge on any atom is 0.391 e. The third-order valence-electron chi connectivity index (χ3n) is 1.87. The molecule has 0 bridgehead atoms. The molecule has 15 heavy (non-hydrogen) atoms. The van der Waals surface area contributed by atoms with E-state index in [1.807, 2.05) is 0 Å². The first-order valence-corrected chi connectivity index (χ1v) is 4.39. The SMILES string of the molecule is Oc1ccc(CC(O)CC(F)(F)F)cc1. The number of hydrogen-bond acceptors (Lipinski definition) is 2. The second-order valence-electron chi connectivity index (χ2n) is 3.34. The zero-order chi connectivity index (χ0) is 11.5. The van der Waals surface area contributed by atoms with Crippen molar-refractivity contribution in [2.45, 2.75) is 25.1 Å².